The van der Waals surface area contributed by atoms with Crippen molar-refractivity contribution in [2.24, 2.45) is 0 Å². The number of nitrogens with zero attached hydrogens (tertiary/aromatic N) is 1. The summed E-state index contributed by atoms with van der Waals surface area (Å²) in [5, 5.41) is 0.675. The fourth-order valence-electron chi connectivity index (χ4n) is 2.24. The molecule has 0 saturated heterocycles. The Morgan fingerprint density at radius 2 is 1.72 bits per heavy atom. The quantitative estimate of drug-likeness (QED) is 0.628. The zero-order chi connectivity index (χ0) is 17.6. The van der Waals surface area contributed by atoms with Gasteiger partial charge in [-0.25, -0.2) is 0 Å². The van der Waals surface area contributed by atoms with Gasteiger partial charge in [0.15, 0.2) is 6.61 Å². The van der Waals surface area contributed by atoms with E-state index in [4.69, 9.17) is 10.5 Å². The van der Waals surface area contributed by atoms with E-state index in [1.807, 2.05) is 18.2 Å². The lowest BCUT2D eigenvalue weighted by atomic mass is 10.1. The maximum Gasteiger partial charge on any atom is 0.276 e. The largest absolute Gasteiger partial charge is 0.484 e. The predicted octanol–water partition coefficient (Wildman–Crippen LogP) is 1.66. The van der Waals surface area contributed by atoms with Gasteiger partial charge in [-0.05, 0) is 18.2 Å². The second kappa shape index (κ2) is 7.31. The van der Waals surface area contributed by atoms with E-state index in [1.165, 1.54) is 6.20 Å². The number of carbonyl (C=O) groups is 2. The van der Waals surface area contributed by atoms with Crippen LogP contribution in [0.5, 0.6) is 5.75 Å². The molecule has 0 aliphatic heterocycles. The first-order valence-corrected chi connectivity index (χ1v) is 7.55. The number of pyridine rings is 1. The Morgan fingerprint density at radius 3 is 2.52 bits per heavy atom. The minimum Gasteiger partial charge on any atom is -0.484 e. The molecule has 0 spiro atoms. The van der Waals surface area contributed by atoms with Crippen molar-refractivity contribution >= 4 is 28.4 Å². The summed E-state index contributed by atoms with van der Waals surface area (Å²) < 4.78 is 5.29. The number of rotatable bonds is 4. The Kier molecular flexibility index (Phi) is 4.75. The predicted molar refractivity (Wildman–Crippen MR) is 93.7 cm³/mol. The number of anilines is 1. The molecule has 0 fully saturated rings. The number of aromatic nitrogens is 1. The van der Waals surface area contributed by atoms with Crippen LogP contribution in [0.25, 0.3) is 10.9 Å². The van der Waals surface area contributed by atoms with E-state index in [9.17, 15) is 9.59 Å². The standard InChI is InChI=1S/C18H16N4O3/c19-17-13-8-4-5-9-15(13)20-10-14(17)18(24)22-21-16(23)11-25-12-6-2-1-3-7-12/h1-10H,11H2,(H2,19,20)(H,21,23)(H,22,24). The fourth-order valence-corrected chi connectivity index (χ4v) is 2.24. The Morgan fingerprint density at radius 1 is 1.00 bits per heavy atom. The molecule has 0 atom stereocenters. The highest BCUT2D eigenvalue weighted by Gasteiger charge is 2.14. The van der Waals surface area contributed by atoms with Crippen LogP contribution < -0.4 is 21.3 Å². The highest BCUT2D eigenvalue weighted by molar-refractivity contribution is 6.06. The molecule has 7 heteroatoms. The molecule has 0 aliphatic rings. The lowest BCUT2D eigenvalue weighted by Crippen LogP contribution is -2.44. The van der Waals surface area contributed by atoms with Gasteiger partial charge in [-0.3, -0.25) is 25.4 Å². The van der Waals surface area contributed by atoms with E-state index in [0.717, 1.165) is 0 Å². The summed E-state index contributed by atoms with van der Waals surface area (Å²) in [5.41, 5.74) is 11.8. The highest BCUT2D eigenvalue weighted by atomic mass is 16.5. The first kappa shape index (κ1) is 16.3. The monoisotopic (exact) mass is 336 g/mol. The number of ether oxygens (including phenoxy) is 1. The minimum atomic E-state index is -0.552. The lowest BCUT2D eigenvalue weighted by molar-refractivity contribution is -0.123. The van der Waals surface area contributed by atoms with E-state index in [1.54, 1.807) is 36.4 Å². The van der Waals surface area contributed by atoms with Crippen molar-refractivity contribution in [1.82, 2.24) is 15.8 Å². The summed E-state index contributed by atoms with van der Waals surface area (Å²) >= 11 is 0. The van der Waals surface area contributed by atoms with Crippen LogP contribution in [-0.2, 0) is 4.79 Å². The van der Waals surface area contributed by atoms with Gasteiger partial charge in [0.2, 0.25) is 0 Å². The molecule has 1 heterocycles. The molecule has 126 valence electrons. The van der Waals surface area contributed by atoms with Crippen molar-refractivity contribution in [2.45, 2.75) is 0 Å². The Balaban J connectivity index is 1.59. The summed E-state index contributed by atoms with van der Waals surface area (Å²) in [6.45, 7) is -0.226. The first-order valence-electron chi connectivity index (χ1n) is 7.55. The first-order chi connectivity index (χ1) is 12.1. The van der Waals surface area contributed by atoms with Crippen LogP contribution in [-0.4, -0.2) is 23.4 Å². The number of para-hydroxylation sites is 2. The van der Waals surface area contributed by atoms with Gasteiger partial charge in [0.05, 0.1) is 16.8 Å². The van der Waals surface area contributed by atoms with Crippen molar-refractivity contribution in [3.05, 3.63) is 66.4 Å². The molecule has 7 nitrogen and oxygen atoms in total. The van der Waals surface area contributed by atoms with Crippen molar-refractivity contribution in [1.29, 1.82) is 0 Å². The van der Waals surface area contributed by atoms with Gasteiger partial charge < -0.3 is 10.5 Å². The van der Waals surface area contributed by atoms with Crippen LogP contribution in [0.2, 0.25) is 0 Å². The van der Waals surface area contributed by atoms with Crippen molar-refractivity contribution in [2.75, 3.05) is 12.3 Å². The van der Waals surface area contributed by atoms with Gasteiger partial charge in [-0.1, -0.05) is 36.4 Å². The van der Waals surface area contributed by atoms with Crippen LogP contribution in [0, 0.1) is 0 Å². The highest BCUT2D eigenvalue weighted by Crippen LogP contribution is 2.22. The number of fused-ring (bicyclic) bond motifs is 1. The maximum absolute atomic E-state index is 12.2. The lowest BCUT2D eigenvalue weighted by Gasteiger charge is -2.11. The van der Waals surface area contributed by atoms with Crippen LogP contribution in [0.3, 0.4) is 0 Å². The summed E-state index contributed by atoms with van der Waals surface area (Å²) in [4.78, 5) is 28.1. The molecule has 2 aromatic carbocycles. The van der Waals surface area contributed by atoms with Gasteiger partial charge in [-0.2, -0.15) is 0 Å². The number of hydrogen-bond donors (Lipinski definition) is 3. The molecule has 1 aromatic heterocycles. The molecular weight excluding hydrogens is 320 g/mol. The average molecular weight is 336 g/mol. The third-order valence-corrected chi connectivity index (χ3v) is 3.49. The van der Waals surface area contributed by atoms with Gasteiger partial charge in [-0.15, -0.1) is 0 Å². The van der Waals surface area contributed by atoms with E-state index in [2.05, 4.69) is 15.8 Å². The van der Waals surface area contributed by atoms with Crippen LogP contribution >= 0.6 is 0 Å². The summed E-state index contributed by atoms with van der Waals surface area (Å²) in [6, 6.07) is 16.1. The molecule has 0 aliphatic carbocycles. The molecule has 0 unspecified atom stereocenters. The van der Waals surface area contributed by atoms with Crippen molar-refractivity contribution < 1.29 is 14.3 Å². The number of hydrogen-bond acceptors (Lipinski definition) is 5. The van der Waals surface area contributed by atoms with E-state index in [0.29, 0.717) is 22.3 Å². The molecule has 0 radical (unpaired) electrons. The minimum absolute atomic E-state index is 0.183. The number of benzene rings is 2. The van der Waals surface area contributed by atoms with E-state index < -0.39 is 11.8 Å². The van der Waals surface area contributed by atoms with Crippen molar-refractivity contribution in [3.8, 4) is 5.75 Å². The topological polar surface area (TPSA) is 106 Å². The van der Waals surface area contributed by atoms with Gasteiger partial charge in [0.1, 0.15) is 5.75 Å². The number of nitrogens with one attached hydrogen (secondary N) is 2. The average Bonchev–Trinajstić information content (AvgIpc) is 2.66. The number of hydrazine groups is 1. The molecular formula is C18H16N4O3. The smallest absolute Gasteiger partial charge is 0.276 e. The summed E-state index contributed by atoms with van der Waals surface area (Å²) in [6.07, 6.45) is 1.37. The Labute approximate surface area is 143 Å². The molecule has 3 rings (SSSR count). The third-order valence-electron chi connectivity index (χ3n) is 3.49. The van der Waals surface area contributed by atoms with E-state index >= 15 is 0 Å². The maximum atomic E-state index is 12.2. The SMILES string of the molecule is Nc1c(C(=O)NNC(=O)COc2ccccc2)cnc2ccccc12. The molecule has 25 heavy (non-hydrogen) atoms. The molecule has 2 amide bonds. The molecule has 0 saturated carbocycles. The fraction of sp³-hybridized carbons (Fsp3) is 0.0556. The van der Waals surface area contributed by atoms with Crippen LogP contribution in [0.4, 0.5) is 5.69 Å². The summed E-state index contributed by atoms with van der Waals surface area (Å²) in [5.74, 6) is -0.486. The number of carbonyl (C=O) groups excluding carboxylic acids is 2. The van der Waals surface area contributed by atoms with Gasteiger partial charge >= 0.3 is 0 Å². The second-order valence-electron chi connectivity index (χ2n) is 5.21. The summed E-state index contributed by atoms with van der Waals surface area (Å²) in [7, 11) is 0. The third kappa shape index (κ3) is 3.84. The Bertz CT molecular complexity index is 913. The molecule has 3 aromatic rings. The zero-order valence-electron chi connectivity index (χ0n) is 13.2. The number of amides is 2. The molecule has 0 bridgehead atoms. The zero-order valence-corrected chi connectivity index (χ0v) is 13.2. The van der Waals surface area contributed by atoms with E-state index in [-0.39, 0.29) is 12.2 Å². The van der Waals surface area contributed by atoms with Crippen molar-refractivity contribution in [3.63, 3.8) is 0 Å². The van der Waals surface area contributed by atoms with Crippen LogP contribution in [0.15, 0.2) is 60.8 Å². The van der Waals surface area contributed by atoms with Crippen LogP contribution in [0.1, 0.15) is 10.4 Å². The number of nitrogen functional groups attached to an aromatic ring is 1. The number of nitrogens with two attached hydrogens (primary N) is 1. The van der Waals surface area contributed by atoms with Gasteiger partial charge in [0, 0.05) is 11.6 Å². The van der Waals surface area contributed by atoms with Gasteiger partial charge in [0.25, 0.3) is 11.8 Å². The Hall–Kier alpha value is -3.61. The normalized spacial score (nSPS) is 10.2. The second-order valence-corrected chi connectivity index (χ2v) is 5.21. The molecule has 4 N–H and O–H groups in total.